The second kappa shape index (κ2) is 5.11. The molecule has 0 amide bonds. The molecule has 0 unspecified atom stereocenters. The highest BCUT2D eigenvalue weighted by Crippen LogP contribution is 2.26. The Bertz CT molecular complexity index is 599. The van der Waals surface area contributed by atoms with Gasteiger partial charge in [-0.05, 0) is 32.9 Å². The quantitative estimate of drug-likeness (QED) is 0.919. The molecular weight excluding hydrogens is 252 g/mol. The molecule has 0 bridgehead atoms. The van der Waals surface area contributed by atoms with Crippen molar-refractivity contribution in [3.8, 4) is 0 Å². The second-order valence-corrected chi connectivity index (χ2v) is 5.20. The maximum atomic E-state index is 4.54. The summed E-state index contributed by atoms with van der Waals surface area (Å²) >= 11 is 0. The van der Waals surface area contributed by atoms with Gasteiger partial charge in [-0.25, -0.2) is 4.98 Å². The van der Waals surface area contributed by atoms with Gasteiger partial charge in [-0.2, -0.15) is 10.1 Å². The van der Waals surface area contributed by atoms with E-state index in [1.54, 1.807) is 6.20 Å². The molecule has 3 rings (SSSR count). The highest BCUT2D eigenvalue weighted by molar-refractivity contribution is 5.43. The van der Waals surface area contributed by atoms with Crippen LogP contribution in [0.4, 0.5) is 11.8 Å². The third-order valence-electron chi connectivity index (χ3n) is 3.54. The number of nitrogens with one attached hydrogen (secondary N) is 1. The molecule has 106 valence electrons. The molecule has 20 heavy (non-hydrogen) atoms. The molecule has 1 saturated heterocycles. The van der Waals surface area contributed by atoms with Crippen molar-refractivity contribution in [3.05, 3.63) is 29.7 Å². The molecular formula is C14H20N6. The van der Waals surface area contributed by atoms with E-state index in [0.29, 0.717) is 6.04 Å². The van der Waals surface area contributed by atoms with E-state index in [-0.39, 0.29) is 0 Å². The Hall–Kier alpha value is -2.11. The van der Waals surface area contributed by atoms with Gasteiger partial charge in [0, 0.05) is 31.5 Å². The van der Waals surface area contributed by atoms with Gasteiger partial charge in [-0.3, -0.25) is 4.68 Å². The fraction of sp³-hybridized carbons (Fsp3) is 0.500. The van der Waals surface area contributed by atoms with Crippen LogP contribution in [0.3, 0.4) is 0 Å². The maximum Gasteiger partial charge on any atom is 0.227 e. The number of hydrogen-bond acceptors (Lipinski definition) is 5. The summed E-state index contributed by atoms with van der Waals surface area (Å²) in [6.45, 7) is 8.89. The Morgan fingerprint density at radius 2 is 2.15 bits per heavy atom. The molecule has 1 N–H and O–H groups in total. The normalized spacial score (nSPS) is 15.2. The first-order valence-electron chi connectivity index (χ1n) is 7.02. The van der Waals surface area contributed by atoms with Gasteiger partial charge in [0.15, 0.2) is 0 Å². The lowest BCUT2D eigenvalue weighted by atomic mass is 10.1. The lowest BCUT2D eigenvalue weighted by Crippen LogP contribution is -2.49. The average molecular weight is 272 g/mol. The predicted molar refractivity (Wildman–Crippen MR) is 79.1 cm³/mol. The lowest BCUT2D eigenvalue weighted by molar-refractivity contribution is 0.356. The van der Waals surface area contributed by atoms with E-state index in [2.05, 4.69) is 49.9 Å². The maximum absolute atomic E-state index is 4.54. The van der Waals surface area contributed by atoms with Crippen LogP contribution in [-0.2, 0) is 0 Å². The summed E-state index contributed by atoms with van der Waals surface area (Å²) in [6, 6.07) is 4.44. The summed E-state index contributed by atoms with van der Waals surface area (Å²) in [5.74, 6) is 1.67. The van der Waals surface area contributed by atoms with E-state index in [4.69, 9.17) is 0 Å². The lowest BCUT2D eigenvalue weighted by Gasteiger charge is -2.39. The van der Waals surface area contributed by atoms with E-state index >= 15 is 0 Å². The number of aryl methyl sites for hydroxylation is 2. The van der Waals surface area contributed by atoms with Crippen LogP contribution in [0, 0.1) is 13.8 Å². The first-order chi connectivity index (χ1) is 9.67. The van der Waals surface area contributed by atoms with E-state index < -0.39 is 0 Å². The zero-order valence-corrected chi connectivity index (χ0v) is 12.2. The van der Waals surface area contributed by atoms with Gasteiger partial charge in [0.2, 0.25) is 5.95 Å². The number of anilines is 2. The molecule has 1 aliphatic heterocycles. The minimum Gasteiger partial charge on any atom is -0.370 e. The van der Waals surface area contributed by atoms with Crippen molar-refractivity contribution in [2.75, 3.05) is 29.9 Å². The predicted octanol–water partition coefficient (Wildman–Crippen LogP) is 1.78. The van der Waals surface area contributed by atoms with Gasteiger partial charge >= 0.3 is 0 Å². The van der Waals surface area contributed by atoms with Crippen molar-refractivity contribution in [1.82, 2.24) is 19.7 Å². The van der Waals surface area contributed by atoms with Crippen LogP contribution in [0.1, 0.15) is 24.4 Å². The summed E-state index contributed by atoms with van der Waals surface area (Å²) < 4.78 is 2.11. The van der Waals surface area contributed by atoms with Crippen molar-refractivity contribution in [2.24, 2.45) is 0 Å². The third kappa shape index (κ3) is 2.33. The summed E-state index contributed by atoms with van der Waals surface area (Å²) in [7, 11) is 0. The Morgan fingerprint density at radius 3 is 2.80 bits per heavy atom. The summed E-state index contributed by atoms with van der Waals surface area (Å²) in [5, 5.41) is 7.76. The van der Waals surface area contributed by atoms with Gasteiger partial charge in [-0.15, -0.1) is 0 Å². The fourth-order valence-corrected chi connectivity index (χ4v) is 2.57. The summed E-state index contributed by atoms with van der Waals surface area (Å²) in [5.41, 5.74) is 2.29. The molecule has 3 heterocycles. The van der Waals surface area contributed by atoms with E-state index in [0.717, 1.165) is 37.1 Å². The van der Waals surface area contributed by atoms with Gasteiger partial charge in [0.1, 0.15) is 5.82 Å². The largest absolute Gasteiger partial charge is 0.370 e. The molecule has 0 radical (unpaired) electrons. The summed E-state index contributed by atoms with van der Waals surface area (Å²) in [4.78, 5) is 11.0. The Balaban J connectivity index is 1.68. The second-order valence-electron chi connectivity index (χ2n) is 5.20. The first-order valence-corrected chi connectivity index (χ1v) is 7.02. The molecule has 1 fully saturated rings. The summed E-state index contributed by atoms with van der Waals surface area (Å²) in [6.07, 6.45) is 1.80. The highest BCUT2D eigenvalue weighted by Gasteiger charge is 2.31. The molecule has 6 nitrogen and oxygen atoms in total. The van der Waals surface area contributed by atoms with Crippen molar-refractivity contribution in [3.63, 3.8) is 0 Å². The van der Waals surface area contributed by atoms with Crippen LogP contribution >= 0.6 is 0 Å². The zero-order valence-electron chi connectivity index (χ0n) is 12.2. The molecule has 1 aliphatic rings. The molecule has 2 aromatic rings. The highest BCUT2D eigenvalue weighted by atomic mass is 15.4. The average Bonchev–Trinajstić information content (AvgIpc) is 2.68. The molecule has 0 atom stereocenters. The topological polar surface area (TPSA) is 58.9 Å². The minimum absolute atomic E-state index is 0.426. The smallest absolute Gasteiger partial charge is 0.227 e. The Kier molecular flexibility index (Phi) is 3.30. The number of rotatable bonds is 4. The van der Waals surface area contributed by atoms with Gasteiger partial charge in [0.25, 0.3) is 0 Å². The van der Waals surface area contributed by atoms with Crippen molar-refractivity contribution in [1.29, 1.82) is 0 Å². The van der Waals surface area contributed by atoms with Gasteiger partial charge < -0.3 is 10.2 Å². The SMILES string of the molecule is CCNc1ccnc(N2CC(n3nc(C)cc3C)C2)n1. The number of aromatic nitrogens is 4. The van der Waals surface area contributed by atoms with E-state index in [1.165, 1.54) is 5.69 Å². The van der Waals surface area contributed by atoms with Gasteiger partial charge in [-0.1, -0.05) is 0 Å². The monoisotopic (exact) mass is 272 g/mol. The van der Waals surface area contributed by atoms with Crippen molar-refractivity contribution >= 4 is 11.8 Å². The number of hydrogen-bond donors (Lipinski definition) is 1. The molecule has 0 spiro atoms. The van der Waals surface area contributed by atoms with Crippen LogP contribution in [0.5, 0.6) is 0 Å². The van der Waals surface area contributed by atoms with Crippen LogP contribution < -0.4 is 10.2 Å². The van der Waals surface area contributed by atoms with Crippen molar-refractivity contribution < 1.29 is 0 Å². The van der Waals surface area contributed by atoms with Crippen LogP contribution in [0.15, 0.2) is 18.3 Å². The third-order valence-corrected chi connectivity index (χ3v) is 3.54. The fourth-order valence-electron chi connectivity index (χ4n) is 2.57. The van der Waals surface area contributed by atoms with Gasteiger partial charge in [0.05, 0.1) is 11.7 Å². The molecule has 0 saturated carbocycles. The Labute approximate surface area is 118 Å². The Morgan fingerprint density at radius 1 is 1.35 bits per heavy atom. The first kappa shape index (κ1) is 12.9. The van der Waals surface area contributed by atoms with E-state index in [1.807, 2.05) is 13.0 Å². The minimum atomic E-state index is 0.426. The number of nitrogens with zero attached hydrogens (tertiary/aromatic N) is 5. The van der Waals surface area contributed by atoms with E-state index in [9.17, 15) is 0 Å². The van der Waals surface area contributed by atoms with Crippen LogP contribution in [-0.4, -0.2) is 39.4 Å². The van der Waals surface area contributed by atoms with Crippen molar-refractivity contribution in [2.45, 2.75) is 26.8 Å². The van der Waals surface area contributed by atoms with Crippen LogP contribution in [0.2, 0.25) is 0 Å². The van der Waals surface area contributed by atoms with Crippen LogP contribution in [0.25, 0.3) is 0 Å². The molecule has 0 aromatic carbocycles. The zero-order chi connectivity index (χ0) is 14.1. The molecule has 6 heteroatoms. The molecule has 2 aromatic heterocycles. The standard InChI is InChI=1S/C14H20N6/c1-4-15-13-5-6-16-14(17-13)19-8-12(9-19)20-11(3)7-10(2)18-20/h5-7,12H,4,8-9H2,1-3H3,(H,15,16,17). The molecule has 0 aliphatic carbocycles.